The monoisotopic (exact) mass is 531 g/mol. The van der Waals surface area contributed by atoms with E-state index in [1.54, 1.807) is 4.52 Å². The van der Waals surface area contributed by atoms with Crippen molar-refractivity contribution in [3.8, 4) is 5.75 Å². The lowest BCUT2D eigenvalue weighted by Gasteiger charge is -2.69. The van der Waals surface area contributed by atoms with Gasteiger partial charge in [-0.25, -0.2) is 15.0 Å². The zero-order valence-corrected chi connectivity index (χ0v) is 20.3. The molecule has 0 radical (unpaired) electrons. The number of anilines is 1. The SMILES string of the molecule is Cc1nc2nc(C)c(O[C@@H]3CCN(c4cnc(C56CC(CI)(C5)C6)nc4)C3)c(C)n2n1. The Morgan fingerprint density at radius 3 is 2.58 bits per heavy atom. The highest BCUT2D eigenvalue weighted by Gasteiger charge is 2.69. The summed E-state index contributed by atoms with van der Waals surface area (Å²) in [5.41, 5.74) is 3.75. The average Bonchev–Trinajstić information content (AvgIpc) is 3.30. The topological polar surface area (TPSA) is 81.3 Å². The Labute approximate surface area is 195 Å². The van der Waals surface area contributed by atoms with Gasteiger partial charge in [-0.2, -0.15) is 9.50 Å². The third-order valence-corrected chi connectivity index (χ3v) is 8.89. The summed E-state index contributed by atoms with van der Waals surface area (Å²) in [7, 11) is 0. The van der Waals surface area contributed by atoms with Gasteiger partial charge in [0, 0.05) is 22.8 Å². The third-order valence-electron chi connectivity index (χ3n) is 7.27. The third kappa shape index (κ3) is 2.95. The highest BCUT2D eigenvalue weighted by Crippen LogP contribution is 2.73. The molecule has 4 fully saturated rings. The zero-order valence-electron chi connectivity index (χ0n) is 18.1. The second-order valence-corrected chi connectivity index (χ2v) is 10.4. The Hall–Kier alpha value is -2.04. The van der Waals surface area contributed by atoms with Crippen LogP contribution in [0.25, 0.3) is 5.78 Å². The van der Waals surface area contributed by atoms with Gasteiger partial charge in [0.15, 0.2) is 5.75 Å². The lowest BCUT2D eigenvalue weighted by Crippen LogP contribution is -2.65. The highest BCUT2D eigenvalue weighted by atomic mass is 127. The smallest absolute Gasteiger partial charge is 0.253 e. The molecule has 0 spiro atoms. The normalized spacial score (nSPS) is 29.2. The van der Waals surface area contributed by atoms with E-state index in [0.717, 1.165) is 48.2 Å². The van der Waals surface area contributed by atoms with E-state index in [1.165, 1.54) is 23.7 Å². The molecule has 3 saturated carbocycles. The van der Waals surface area contributed by atoms with E-state index in [9.17, 15) is 0 Å². The van der Waals surface area contributed by atoms with Gasteiger partial charge < -0.3 is 9.64 Å². The molecular formula is C22H26IN7O. The van der Waals surface area contributed by atoms with Crippen molar-refractivity contribution in [3.05, 3.63) is 35.4 Å². The van der Waals surface area contributed by atoms with E-state index < -0.39 is 0 Å². The molecule has 2 bridgehead atoms. The van der Waals surface area contributed by atoms with Gasteiger partial charge in [0.2, 0.25) is 0 Å². The lowest BCUT2D eigenvalue weighted by molar-refractivity contribution is -0.124. The van der Waals surface area contributed by atoms with E-state index in [4.69, 9.17) is 14.7 Å². The van der Waals surface area contributed by atoms with E-state index in [2.05, 4.69) is 42.6 Å². The van der Waals surface area contributed by atoms with Gasteiger partial charge >= 0.3 is 0 Å². The summed E-state index contributed by atoms with van der Waals surface area (Å²) in [5, 5.41) is 4.44. The standard InChI is InChI=1S/C22H26IN7O/c1-13-18(14(2)30-20(26-13)27-15(3)28-30)31-17-4-5-29(8-17)16-6-24-19(25-7-16)22-9-21(10-22,11-22)12-23/h6-7,17H,4-5,8-12H2,1-3H3/t17-,21?,22?/m1/s1. The number of ether oxygens (including phenoxy) is 1. The summed E-state index contributed by atoms with van der Waals surface area (Å²) in [6.45, 7) is 7.61. The fourth-order valence-corrected chi connectivity index (χ4v) is 6.60. The first-order chi connectivity index (χ1) is 14.9. The van der Waals surface area contributed by atoms with E-state index in [-0.39, 0.29) is 11.5 Å². The average molecular weight is 531 g/mol. The van der Waals surface area contributed by atoms with Gasteiger partial charge in [0.05, 0.1) is 36.0 Å². The fourth-order valence-electron chi connectivity index (χ4n) is 5.79. The van der Waals surface area contributed by atoms with Crippen molar-refractivity contribution >= 4 is 34.1 Å². The van der Waals surface area contributed by atoms with Crippen molar-refractivity contribution in [2.24, 2.45) is 5.41 Å². The number of aryl methyl sites for hydroxylation is 3. The molecule has 0 unspecified atom stereocenters. The Morgan fingerprint density at radius 1 is 1.13 bits per heavy atom. The molecule has 3 aromatic rings. The maximum absolute atomic E-state index is 6.41. The van der Waals surface area contributed by atoms with Crippen LogP contribution < -0.4 is 9.64 Å². The van der Waals surface area contributed by atoms with Crippen LogP contribution in [0.4, 0.5) is 5.69 Å². The molecule has 31 heavy (non-hydrogen) atoms. The van der Waals surface area contributed by atoms with Crippen LogP contribution in [-0.2, 0) is 5.41 Å². The number of rotatable bonds is 5. The molecule has 8 nitrogen and oxygen atoms in total. The first-order valence-corrected chi connectivity index (χ1v) is 12.4. The largest absolute Gasteiger partial charge is 0.485 e. The van der Waals surface area contributed by atoms with Crippen molar-refractivity contribution in [1.29, 1.82) is 0 Å². The van der Waals surface area contributed by atoms with Crippen LogP contribution in [0.1, 0.15) is 48.7 Å². The Kier molecular flexibility index (Phi) is 4.26. The minimum atomic E-state index is 0.0991. The molecule has 4 heterocycles. The number of nitrogens with zero attached hydrogens (tertiary/aromatic N) is 7. The minimum Gasteiger partial charge on any atom is -0.485 e. The van der Waals surface area contributed by atoms with Gasteiger partial charge in [-0.05, 0) is 45.4 Å². The van der Waals surface area contributed by atoms with Gasteiger partial charge in [-0.15, -0.1) is 5.10 Å². The zero-order chi connectivity index (χ0) is 21.4. The molecule has 0 aromatic carbocycles. The van der Waals surface area contributed by atoms with Gasteiger partial charge in [-0.3, -0.25) is 0 Å². The van der Waals surface area contributed by atoms with Crippen molar-refractivity contribution in [2.45, 2.75) is 58.0 Å². The molecule has 7 rings (SSSR count). The number of hydrogen-bond donors (Lipinski definition) is 0. The number of alkyl halides is 1. The van der Waals surface area contributed by atoms with Gasteiger partial charge in [0.1, 0.15) is 17.8 Å². The van der Waals surface area contributed by atoms with Crippen LogP contribution in [-0.4, -0.2) is 53.2 Å². The summed E-state index contributed by atoms with van der Waals surface area (Å²) in [6, 6.07) is 0. The number of fused-ring (bicyclic) bond motifs is 1. The van der Waals surface area contributed by atoms with Crippen LogP contribution >= 0.6 is 22.6 Å². The van der Waals surface area contributed by atoms with Gasteiger partial charge in [-0.1, -0.05) is 22.6 Å². The highest BCUT2D eigenvalue weighted by molar-refractivity contribution is 14.1. The Balaban J connectivity index is 1.15. The first kappa shape index (κ1) is 19.6. The van der Waals surface area contributed by atoms with Crippen LogP contribution in [0.2, 0.25) is 0 Å². The second kappa shape index (κ2) is 6.73. The van der Waals surface area contributed by atoms with E-state index >= 15 is 0 Å². The van der Waals surface area contributed by atoms with Crippen molar-refractivity contribution in [1.82, 2.24) is 29.5 Å². The fraction of sp³-hybridized carbons (Fsp3) is 0.591. The molecule has 1 saturated heterocycles. The summed E-state index contributed by atoms with van der Waals surface area (Å²) in [4.78, 5) is 20.8. The number of aromatic nitrogens is 6. The summed E-state index contributed by atoms with van der Waals surface area (Å²) in [6.07, 6.45) is 8.87. The van der Waals surface area contributed by atoms with Crippen LogP contribution in [0.3, 0.4) is 0 Å². The quantitative estimate of drug-likeness (QED) is 0.369. The molecule has 0 amide bonds. The molecule has 4 aliphatic rings. The molecule has 3 aromatic heterocycles. The maximum Gasteiger partial charge on any atom is 0.253 e. The predicted molar refractivity (Wildman–Crippen MR) is 125 cm³/mol. The summed E-state index contributed by atoms with van der Waals surface area (Å²) in [5.74, 6) is 3.19. The van der Waals surface area contributed by atoms with E-state index in [0.29, 0.717) is 17.0 Å². The Morgan fingerprint density at radius 2 is 1.87 bits per heavy atom. The van der Waals surface area contributed by atoms with Crippen molar-refractivity contribution < 1.29 is 4.74 Å². The number of hydrogen-bond acceptors (Lipinski definition) is 7. The molecule has 1 aliphatic heterocycles. The summed E-state index contributed by atoms with van der Waals surface area (Å²) >= 11 is 2.52. The van der Waals surface area contributed by atoms with Crippen LogP contribution in [0.5, 0.6) is 5.75 Å². The van der Waals surface area contributed by atoms with Crippen molar-refractivity contribution in [3.63, 3.8) is 0 Å². The molecular weight excluding hydrogens is 505 g/mol. The van der Waals surface area contributed by atoms with Crippen molar-refractivity contribution in [2.75, 3.05) is 22.4 Å². The number of halogens is 1. The minimum absolute atomic E-state index is 0.0991. The predicted octanol–water partition coefficient (Wildman–Crippen LogP) is 3.35. The van der Waals surface area contributed by atoms with E-state index in [1.807, 2.05) is 33.2 Å². The lowest BCUT2D eigenvalue weighted by atomic mass is 9.35. The molecule has 0 N–H and O–H groups in total. The molecule has 9 heteroatoms. The van der Waals surface area contributed by atoms with Crippen LogP contribution in [0.15, 0.2) is 12.4 Å². The molecule has 3 aliphatic carbocycles. The maximum atomic E-state index is 6.41. The first-order valence-electron chi connectivity index (χ1n) is 10.9. The summed E-state index contributed by atoms with van der Waals surface area (Å²) < 4.78 is 9.44. The molecule has 1 atom stereocenters. The second-order valence-electron chi connectivity index (χ2n) is 9.67. The molecule has 162 valence electrons. The van der Waals surface area contributed by atoms with Crippen LogP contribution in [0, 0.1) is 26.2 Å². The Bertz CT molecular complexity index is 1160. The van der Waals surface area contributed by atoms with Gasteiger partial charge in [0.25, 0.3) is 5.78 Å².